The van der Waals surface area contributed by atoms with Crippen molar-refractivity contribution in [2.24, 2.45) is 14.1 Å². The van der Waals surface area contributed by atoms with Crippen LogP contribution in [0, 0.1) is 0 Å². The van der Waals surface area contributed by atoms with Crippen LogP contribution in [-0.2, 0) is 41.5 Å². The Balaban J connectivity index is 0.000000211. The van der Waals surface area contributed by atoms with E-state index in [4.69, 9.17) is 0 Å². The SMILES string of the molecule is CC(=O)Cn1cc[n+](C)c1.COC(=O)Cn1cc[n+](C)c1. The molecular formula is C14H22N4O3+2. The lowest BCUT2D eigenvalue weighted by molar-refractivity contribution is -0.671. The van der Waals surface area contributed by atoms with Crippen LogP contribution in [0.4, 0.5) is 0 Å². The van der Waals surface area contributed by atoms with Crippen molar-refractivity contribution in [3.05, 3.63) is 37.4 Å². The van der Waals surface area contributed by atoms with Crippen molar-refractivity contribution in [1.29, 1.82) is 0 Å². The maximum atomic E-state index is 10.7. The molecule has 0 spiro atoms. The molecule has 0 aliphatic rings. The first-order valence-corrected chi connectivity index (χ1v) is 6.49. The van der Waals surface area contributed by atoms with Crippen molar-refractivity contribution in [2.45, 2.75) is 20.0 Å². The molecule has 114 valence electrons. The highest BCUT2D eigenvalue weighted by Crippen LogP contribution is 1.85. The van der Waals surface area contributed by atoms with E-state index in [2.05, 4.69) is 4.74 Å². The van der Waals surface area contributed by atoms with Gasteiger partial charge in [0, 0.05) is 0 Å². The van der Waals surface area contributed by atoms with Gasteiger partial charge in [-0.2, -0.15) is 0 Å². The van der Waals surface area contributed by atoms with Gasteiger partial charge in [-0.3, -0.25) is 4.79 Å². The molecule has 0 saturated carbocycles. The zero-order valence-corrected chi connectivity index (χ0v) is 12.9. The second-order valence-electron chi connectivity index (χ2n) is 4.78. The molecule has 0 bridgehead atoms. The van der Waals surface area contributed by atoms with E-state index in [1.54, 1.807) is 11.5 Å². The summed E-state index contributed by atoms with van der Waals surface area (Å²) in [5.74, 6) is -0.0580. The van der Waals surface area contributed by atoms with E-state index in [1.165, 1.54) is 7.11 Å². The molecule has 0 unspecified atom stereocenters. The van der Waals surface area contributed by atoms with Gasteiger partial charge in [-0.15, -0.1) is 0 Å². The third kappa shape index (κ3) is 6.51. The van der Waals surface area contributed by atoms with Crippen LogP contribution in [-0.4, -0.2) is 28.0 Å². The Morgan fingerprint density at radius 3 is 1.81 bits per heavy atom. The number of hydrogen-bond acceptors (Lipinski definition) is 3. The van der Waals surface area contributed by atoms with Crippen LogP contribution in [0.3, 0.4) is 0 Å². The van der Waals surface area contributed by atoms with Crippen molar-refractivity contribution in [2.75, 3.05) is 7.11 Å². The summed E-state index contributed by atoms with van der Waals surface area (Å²) in [6.07, 6.45) is 11.2. The normalized spacial score (nSPS) is 9.71. The molecule has 0 fully saturated rings. The van der Waals surface area contributed by atoms with Gasteiger partial charge in [0.05, 0.1) is 21.2 Å². The first-order valence-electron chi connectivity index (χ1n) is 6.49. The standard InChI is InChI=1S/C7H11N2O2.C7H11N2O/c1-8-3-4-9(6-8)5-7(10)11-2;1-7(10)5-9-4-3-8(2)6-9/h3-4,6H,5H2,1-2H3;3-4,6H,5H2,1-2H3/q2*+1. The van der Waals surface area contributed by atoms with Crippen LogP contribution in [0.25, 0.3) is 0 Å². The summed E-state index contributed by atoms with van der Waals surface area (Å²) in [7, 11) is 5.20. The minimum atomic E-state index is -0.235. The van der Waals surface area contributed by atoms with Crippen molar-refractivity contribution in [3.8, 4) is 0 Å². The van der Waals surface area contributed by atoms with Gasteiger partial charge in [0.2, 0.25) is 12.7 Å². The second kappa shape index (κ2) is 7.98. The summed E-state index contributed by atoms with van der Waals surface area (Å²) in [6.45, 7) is 2.33. The number of Topliss-reactive ketones (excluding diaryl/α,β-unsaturated/α-hetero) is 1. The number of ether oxygens (including phenoxy) is 1. The molecule has 0 aliphatic carbocycles. The lowest BCUT2D eigenvalue weighted by Crippen LogP contribution is -2.24. The van der Waals surface area contributed by atoms with Crippen LogP contribution in [0.5, 0.6) is 0 Å². The minimum Gasteiger partial charge on any atom is -0.466 e. The van der Waals surface area contributed by atoms with Crippen molar-refractivity contribution in [1.82, 2.24) is 9.13 Å². The maximum Gasteiger partial charge on any atom is 0.348 e. The summed E-state index contributed by atoms with van der Waals surface area (Å²) in [4.78, 5) is 21.3. The molecule has 2 rings (SSSR count). The lowest BCUT2D eigenvalue weighted by Gasteiger charge is -1.92. The molecule has 2 aromatic rings. The van der Waals surface area contributed by atoms with Gasteiger partial charge >= 0.3 is 5.97 Å². The Kier molecular flexibility index (Phi) is 6.32. The largest absolute Gasteiger partial charge is 0.466 e. The predicted octanol–water partition coefficient (Wildman–Crippen LogP) is -0.613. The van der Waals surface area contributed by atoms with Gasteiger partial charge < -0.3 is 4.74 Å². The van der Waals surface area contributed by atoms with E-state index in [0.29, 0.717) is 6.54 Å². The molecule has 21 heavy (non-hydrogen) atoms. The molecule has 2 aromatic heterocycles. The quantitative estimate of drug-likeness (QED) is 0.558. The van der Waals surface area contributed by atoms with E-state index in [0.717, 1.165) is 0 Å². The number of carbonyl (C=O) groups is 2. The number of methoxy groups -OCH3 is 1. The molecule has 7 nitrogen and oxygen atoms in total. The lowest BCUT2D eigenvalue weighted by atomic mass is 10.4. The van der Waals surface area contributed by atoms with E-state index in [-0.39, 0.29) is 18.3 Å². The predicted molar refractivity (Wildman–Crippen MR) is 73.9 cm³/mol. The van der Waals surface area contributed by atoms with Gasteiger partial charge in [-0.25, -0.2) is 23.1 Å². The third-order valence-electron chi connectivity index (χ3n) is 2.59. The summed E-state index contributed by atoms with van der Waals surface area (Å²) in [5.41, 5.74) is 0. The van der Waals surface area contributed by atoms with E-state index >= 15 is 0 Å². The number of hydrogen-bond donors (Lipinski definition) is 0. The van der Waals surface area contributed by atoms with Crippen LogP contribution in [0.2, 0.25) is 0 Å². The number of aryl methyl sites for hydroxylation is 2. The number of rotatable bonds is 4. The van der Waals surface area contributed by atoms with Crippen molar-refractivity contribution in [3.63, 3.8) is 0 Å². The summed E-state index contributed by atoms with van der Waals surface area (Å²) in [6, 6.07) is 0. The average molecular weight is 294 g/mol. The topological polar surface area (TPSA) is 61.0 Å². The fraction of sp³-hybridized carbons (Fsp3) is 0.429. The second-order valence-corrected chi connectivity index (χ2v) is 4.78. The molecule has 0 saturated heterocycles. The van der Waals surface area contributed by atoms with Gasteiger partial charge in [0.25, 0.3) is 0 Å². The monoisotopic (exact) mass is 294 g/mol. The van der Waals surface area contributed by atoms with Gasteiger partial charge in [0.1, 0.15) is 31.3 Å². The zero-order valence-electron chi connectivity index (χ0n) is 12.9. The van der Waals surface area contributed by atoms with Crippen molar-refractivity contribution < 1.29 is 23.5 Å². The third-order valence-corrected chi connectivity index (χ3v) is 2.59. The number of imidazole rings is 2. The molecule has 0 aliphatic heterocycles. The Bertz CT molecular complexity index is 601. The molecular weight excluding hydrogens is 272 g/mol. The Labute approximate surface area is 124 Å². The maximum absolute atomic E-state index is 10.7. The number of carbonyl (C=O) groups excluding carboxylic acids is 2. The number of ketones is 1. The molecule has 0 N–H and O–H groups in total. The smallest absolute Gasteiger partial charge is 0.348 e. The van der Waals surface area contributed by atoms with E-state index < -0.39 is 0 Å². The summed E-state index contributed by atoms with van der Waals surface area (Å²) < 4.78 is 11.9. The van der Waals surface area contributed by atoms with Gasteiger partial charge in [-0.1, -0.05) is 0 Å². The van der Waals surface area contributed by atoms with Crippen LogP contribution in [0.15, 0.2) is 37.4 Å². The molecule has 2 heterocycles. The average Bonchev–Trinajstić information content (AvgIpc) is 2.98. The van der Waals surface area contributed by atoms with Gasteiger partial charge in [0.15, 0.2) is 12.3 Å². The highest BCUT2D eigenvalue weighted by molar-refractivity contribution is 5.75. The van der Waals surface area contributed by atoms with E-state index in [9.17, 15) is 9.59 Å². The highest BCUT2D eigenvalue weighted by atomic mass is 16.5. The summed E-state index contributed by atoms with van der Waals surface area (Å²) >= 11 is 0. The summed E-state index contributed by atoms with van der Waals surface area (Å²) in [5, 5.41) is 0. The molecule has 7 heteroatoms. The minimum absolute atomic E-state index is 0.177. The molecule has 0 atom stereocenters. The first-order chi connectivity index (χ1) is 9.90. The molecule has 0 aromatic carbocycles. The van der Waals surface area contributed by atoms with Crippen LogP contribution in [0.1, 0.15) is 6.92 Å². The fourth-order valence-electron chi connectivity index (χ4n) is 1.66. The molecule has 0 radical (unpaired) electrons. The van der Waals surface area contributed by atoms with Crippen molar-refractivity contribution >= 4 is 11.8 Å². The number of aromatic nitrogens is 4. The zero-order chi connectivity index (χ0) is 15.8. The van der Waals surface area contributed by atoms with Gasteiger partial charge in [-0.05, 0) is 6.92 Å². The molecule has 0 amide bonds. The van der Waals surface area contributed by atoms with Crippen LogP contribution < -0.4 is 9.13 Å². The Morgan fingerprint density at radius 1 is 1.00 bits per heavy atom. The number of nitrogens with zero attached hydrogens (tertiary/aromatic N) is 4. The van der Waals surface area contributed by atoms with Crippen LogP contribution >= 0.6 is 0 Å². The number of esters is 1. The fourth-order valence-corrected chi connectivity index (χ4v) is 1.66. The van der Waals surface area contributed by atoms with E-state index in [1.807, 2.05) is 65.2 Å². The Morgan fingerprint density at radius 2 is 1.48 bits per heavy atom. The Hall–Kier alpha value is -2.44. The first kappa shape index (κ1) is 16.6. The highest BCUT2D eigenvalue weighted by Gasteiger charge is 2.06.